The largest absolute Gasteiger partial charge is 0.338 e. The molecule has 0 amide bonds. The van der Waals surface area contributed by atoms with Gasteiger partial charge in [-0.15, -0.1) is 0 Å². The van der Waals surface area contributed by atoms with E-state index in [1.807, 2.05) is 0 Å². The highest BCUT2D eigenvalue weighted by Gasteiger charge is 2.19. The van der Waals surface area contributed by atoms with Crippen LogP contribution in [0.25, 0.3) is 11.4 Å². The Bertz CT molecular complexity index is 725. The molecule has 1 heterocycles. The first-order chi connectivity index (χ1) is 8.82. The van der Waals surface area contributed by atoms with E-state index in [1.165, 1.54) is 13.0 Å². The van der Waals surface area contributed by atoms with Gasteiger partial charge in [-0.3, -0.25) is 0 Å². The van der Waals surface area contributed by atoms with E-state index in [1.54, 1.807) is 0 Å². The smallest absolute Gasteiger partial charge is 0.240 e. The van der Waals surface area contributed by atoms with Gasteiger partial charge in [0.1, 0.15) is 5.82 Å². The highest BCUT2D eigenvalue weighted by Crippen LogP contribution is 2.26. The van der Waals surface area contributed by atoms with Gasteiger partial charge in [-0.25, -0.2) is 12.8 Å². The van der Waals surface area contributed by atoms with Crippen molar-refractivity contribution in [3.05, 3.63) is 29.4 Å². The molecule has 0 atom stereocenters. The highest BCUT2D eigenvalue weighted by atomic mass is 32.2. The van der Waals surface area contributed by atoms with Gasteiger partial charge in [0, 0.05) is 6.26 Å². The number of benzene rings is 1. The molecule has 0 aliphatic heterocycles. The number of aromatic nitrogens is 2. The maximum absolute atomic E-state index is 13.9. The molecule has 0 aliphatic carbocycles. The Kier molecular flexibility index (Phi) is 3.38. The van der Waals surface area contributed by atoms with Crippen LogP contribution in [0.1, 0.15) is 11.5 Å². The molecule has 1 aromatic heterocycles. The minimum absolute atomic E-state index is 0.0251. The number of hydrogen-bond acceptors (Lipinski definition) is 6. The molecule has 19 heavy (non-hydrogen) atoms. The van der Waals surface area contributed by atoms with Crippen molar-refractivity contribution in [1.29, 1.82) is 0 Å². The van der Waals surface area contributed by atoms with Crippen LogP contribution in [0.2, 0.25) is 0 Å². The maximum atomic E-state index is 13.9. The molecule has 0 fully saturated rings. The van der Waals surface area contributed by atoms with E-state index < -0.39 is 15.7 Å². The molecule has 8 heteroatoms. The average Bonchev–Trinajstić information content (AvgIpc) is 2.75. The molecule has 2 N–H and O–H groups in total. The summed E-state index contributed by atoms with van der Waals surface area (Å²) in [5.74, 6) is -0.493. The van der Waals surface area contributed by atoms with E-state index in [0.29, 0.717) is 5.56 Å². The lowest BCUT2D eigenvalue weighted by atomic mass is 10.1. The van der Waals surface area contributed by atoms with Crippen molar-refractivity contribution in [3.63, 3.8) is 0 Å². The molecule has 2 aromatic rings. The molecule has 1 aromatic carbocycles. The molecule has 0 saturated heterocycles. The monoisotopic (exact) mass is 285 g/mol. The zero-order valence-corrected chi connectivity index (χ0v) is 11.2. The quantitative estimate of drug-likeness (QED) is 0.846. The fraction of sp³-hybridized carbons (Fsp3) is 0.273. The first kappa shape index (κ1) is 13.6. The van der Waals surface area contributed by atoms with Gasteiger partial charge < -0.3 is 10.3 Å². The second kappa shape index (κ2) is 4.71. The van der Waals surface area contributed by atoms with Crippen LogP contribution < -0.4 is 5.73 Å². The number of aryl methyl sites for hydroxylation is 1. The van der Waals surface area contributed by atoms with Crippen LogP contribution >= 0.6 is 0 Å². The van der Waals surface area contributed by atoms with Gasteiger partial charge in [0.15, 0.2) is 9.84 Å². The number of hydrogen-bond donors (Lipinski definition) is 1. The average molecular weight is 285 g/mol. The second-order valence-electron chi connectivity index (χ2n) is 4.09. The molecule has 102 valence electrons. The maximum Gasteiger partial charge on any atom is 0.240 e. The Labute approximate surface area is 109 Å². The minimum Gasteiger partial charge on any atom is -0.338 e. The number of nitrogens with zero attached hydrogens (tertiary/aromatic N) is 2. The Hall–Kier alpha value is -1.80. The van der Waals surface area contributed by atoms with Gasteiger partial charge in [0.05, 0.1) is 17.0 Å². The van der Waals surface area contributed by atoms with Gasteiger partial charge in [-0.2, -0.15) is 4.98 Å². The van der Waals surface area contributed by atoms with Crippen LogP contribution in [0.4, 0.5) is 4.39 Å². The third-order valence-corrected chi connectivity index (χ3v) is 3.79. The molecule has 6 nitrogen and oxygen atoms in total. The summed E-state index contributed by atoms with van der Waals surface area (Å²) < 4.78 is 41.9. The van der Waals surface area contributed by atoms with E-state index in [0.717, 1.165) is 12.3 Å². The summed E-state index contributed by atoms with van der Waals surface area (Å²) in [4.78, 5) is 3.91. The molecule has 2 rings (SSSR count). The van der Waals surface area contributed by atoms with Gasteiger partial charge in [0.25, 0.3) is 0 Å². The van der Waals surface area contributed by atoms with Crippen LogP contribution in [0.3, 0.4) is 0 Å². The van der Waals surface area contributed by atoms with Crippen molar-refractivity contribution in [1.82, 2.24) is 10.1 Å². The summed E-state index contributed by atoms with van der Waals surface area (Å²) in [6.07, 6.45) is 1.05. The van der Waals surface area contributed by atoms with E-state index in [-0.39, 0.29) is 28.7 Å². The SMILES string of the molecule is Cc1cc(F)c(-c2noc(CN)n2)cc1S(C)(=O)=O. The molecule has 0 spiro atoms. The second-order valence-corrected chi connectivity index (χ2v) is 6.07. The topological polar surface area (TPSA) is 99.1 Å². The normalized spacial score (nSPS) is 11.8. The van der Waals surface area contributed by atoms with Crippen molar-refractivity contribution in [3.8, 4) is 11.4 Å². The Balaban J connectivity index is 2.64. The molecular weight excluding hydrogens is 273 g/mol. The summed E-state index contributed by atoms with van der Waals surface area (Å²) in [6, 6.07) is 2.33. The van der Waals surface area contributed by atoms with Gasteiger partial charge in [0.2, 0.25) is 11.7 Å². The summed E-state index contributed by atoms with van der Waals surface area (Å²) in [5.41, 5.74) is 5.61. The van der Waals surface area contributed by atoms with Crippen molar-refractivity contribution >= 4 is 9.84 Å². The Morgan fingerprint density at radius 2 is 2.11 bits per heavy atom. The molecular formula is C11H12FN3O3S. The van der Waals surface area contributed by atoms with E-state index in [2.05, 4.69) is 10.1 Å². The lowest BCUT2D eigenvalue weighted by Crippen LogP contribution is -2.02. The van der Waals surface area contributed by atoms with Crippen molar-refractivity contribution in [2.24, 2.45) is 5.73 Å². The van der Waals surface area contributed by atoms with Crippen LogP contribution in [0.15, 0.2) is 21.6 Å². The lowest BCUT2D eigenvalue weighted by Gasteiger charge is -2.06. The zero-order chi connectivity index (χ0) is 14.2. The van der Waals surface area contributed by atoms with Crippen molar-refractivity contribution in [2.45, 2.75) is 18.4 Å². The van der Waals surface area contributed by atoms with Crippen LogP contribution in [-0.2, 0) is 16.4 Å². The first-order valence-corrected chi connectivity index (χ1v) is 7.25. The Morgan fingerprint density at radius 3 is 2.63 bits per heavy atom. The van der Waals surface area contributed by atoms with Gasteiger partial charge in [-0.1, -0.05) is 5.16 Å². The van der Waals surface area contributed by atoms with Crippen molar-refractivity contribution in [2.75, 3.05) is 6.26 Å². The summed E-state index contributed by atoms with van der Waals surface area (Å²) in [5, 5.41) is 3.57. The molecule has 0 unspecified atom stereocenters. The summed E-state index contributed by atoms with van der Waals surface area (Å²) in [6.45, 7) is 1.55. The van der Waals surface area contributed by atoms with Gasteiger partial charge in [-0.05, 0) is 24.6 Å². The number of nitrogens with two attached hydrogens (primary N) is 1. The zero-order valence-electron chi connectivity index (χ0n) is 10.3. The predicted octanol–water partition coefficient (Wildman–Crippen LogP) is 1.05. The van der Waals surface area contributed by atoms with Gasteiger partial charge >= 0.3 is 0 Å². The van der Waals surface area contributed by atoms with E-state index in [9.17, 15) is 12.8 Å². The molecule has 0 aliphatic rings. The summed E-state index contributed by atoms with van der Waals surface area (Å²) >= 11 is 0. The van der Waals surface area contributed by atoms with Crippen LogP contribution in [-0.4, -0.2) is 24.8 Å². The number of halogens is 1. The predicted molar refractivity (Wildman–Crippen MR) is 65.4 cm³/mol. The molecule has 0 bridgehead atoms. The number of rotatable bonds is 3. The highest BCUT2D eigenvalue weighted by molar-refractivity contribution is 7.90. The minimum atomic E-state index is -3.46. The summed E-state index contributed by atoms with van der Waals surface area (Å²) in [7, 11) is -3.46. The number of sulfone groups is 1. The van der Waals surface area contributed by atoms with E-state index >= 15 is 0 Å². The fourth-order valence-corrected chi connectivity index (χ4v) is 2.65. The lowest BCUT2D eigenvalue weighted by molar-refractivity contribution is 0.380. The van der Waals surface area contributed by atoms with E-state index in [4.69, 9.17) is 10.3 Å². The first-order valence-electron chi connectivity index (χ1n) is 5.36. The molecule has 0 radical (unpaired) electrons. The van der Waals surface area contributed by atoms with Crippen LogP contribution in [0.5, 0.6) is 0 Å². The third kappa shape index (κ3) is 2.64. The standard InChI is InChI=1S/C11H12FN3O3S/c1-6-3-8(12)7(4-9(6)19(2,16)17)11-14-10(5-13)18-15-11/h3-4H,5,13H2,1-2H3. The Morgan fingerprint density at radius 1 is 1.42 bits per heavy atom. The fourth-order valence-electron chi connectivity index (χ4n) is 1.67. The third-order valence-electron chi connectivity index (χ3n) is 2.55. The molecule has 0 saturated carbocycles. The van der Waals surface area contributed by atoms with Crippen LogP contribution in [0, 0.1) is 12.7 Å². The van der Waals surface area contributed by atoms with Crippen molar-refractivity contribution < 1.29 is 17.3 Å².